The second-order valence-corrected chi connectivity index (χ2v) is 6.77. The first-order valence-electron chi connectivity index (χ1n) is 7.25. The van der Waals surface area contributed by atoms with E-state index in [2.05, 4.69) is 70.8 Å². The summed E-state index contributed by atoms with van der Waals surface area (Å²) in [6, 6.07) is 9.11. The second kappa shape index (κ2) is 6.53. The van der Waals surface area contributed by atoms with Crippen molar-refractivity contribution in [3.05, 3.63) is 35.4 Å². The Morgan fingerprint density at radius 3 is 2.32 bits per heavy atom. The lowest BCUT2D eigenvalue weighted by atomic mass is 9.87. The van der Waals surface area contributed by atoms with Crippen LogP contribution in [0.3, 0.4) is 0 Å². The van der Waals surface area contributed by atoms with E-state index in [1.54, 1.807) is 0 Å². The minimum Gasteiger partial charge on any atom is -0.324 e. The number of hydrogen-bond donors (Lipinski definition) is 1. The molecule has 108 valence electrons. The molecule has 1 aromatic rings. The van der Waals surface area contributed by atoms with Gasteiger partial charge in [0.2, 0.25) is 0 Å². The number of benzene rings is 1. The summed E-state index contributed by atoms with van der Waals surface area (Å²) in [6.45, 7) is 12.3. The molecule has 2 heteroatoms. The summed E-state index contributed by atoms with van der Waals surface area (Å²) in [4.78, 5) is 2.41. The first-order valence-corrected chi connectivity index (χ1v) is 7.25. The van der Waals surface area contributed by atoms with Crippen molar-refractivity contribution in [1.82, 2.24) is 4.90 Å². The average Bonchev–Trinajstić information content (AvgIpc) is 2.34. The molecule has 1 aromatic carbocycles. The van der Waals surface area contributed by atoms with Crippen LogP contribution in [0.2, 0.25) is 0 Å². The Morgan fingerprint density at radius 2 is 1.79 bits per heavy atom. The van der Waals surface area contributed by atoms with Crippen LogP contribution in [0.4, 0.5) is 0 Å². The molecule has 0 aliphatic heterocycles. The van der Waals surface area contributed by atoms with Crippen LogP contribution in [0.1, 0.15) is 51.3 Å². The van der Waals surface area contributed by atoms with Crippen LogP contribution in [-0.4, -0.2) is 24.5 Å². The van der Waals surface area contributed by atoms with Crippen molar-refractivity contribution in [3.63, 3.8) is 0 Å². The van der Waals surface area contributed by atoms with Gasteiger partial charge in [-0.3, -0.25) is 0 Å². The summed E-state index contributed by atoms with van der Waals surface area (Å²) >= 11 is 0. The number of hydrogen-bond acceptors (Lipinski definition) is 2. The van der Waals surface area contributed by atoms with Crippen molar-refractivity contribution >= 4 is 0 Å². The maximum absolute atomic E-state index is 6.33. The van der Waals surface area contributed by atoms with Gasteiger partial charge in [0.1, 0.15) is 0 Å². The maximum atomic E-state index is 6.33. The Balaban J connectivity index is 2.56. The Bertz CT molecular complexity index is 392. The maximum Gasteiger partial charge on any atom is 0.0309 e. The van der Waals surface area contributed by atoms with Gasteiger partial charge in [-0.1, -0.05) is 45.0 Å². The Hall–Kier alpha value is -0.860. The molecule has 0 heterocycles. The van der Waals surface area contributed by atoms with Crippen molar-refractivity contribution in [2.24, 2.45) is 11.1 Å². The van der Waals surface area contributed by atoms with Crippen molar-refractivity contribution in [2.45, 2.75) is 53.1 Å². The number of rotatable bonds is 5. The number of nitrogens with two attached hydrogens (primary N) is 1. The Morgan fingerprint density at radius 1 is 1.21 bits per heavy atom. The topological polar surface area (TPSA) is 29.3 Å². The molecule has 0 bridgehead atoms. The fraction of sp³-hybridized carbons (Fsp3) is 0.647. The highest BCUT2D eigenvalue weighted by Gasteiger charge is 2.24. The zero-order valence-corrected chi connectivity index (χ0v) is 13.4. The third kappa shape index (κ3) is 4.63. The predicted octanol–water partition coefficient (Wildman–Crippen LogP) is 3.75. The van der Waals surface area contributed by atoms with Gasteiger partial charge in [-0.15, -0.1) is 0 Å². The van der Waals surface area contributed by atoms with Gasteiger partial charge in [0.25, 0.3) is 0 Å². The van der Waals surface area contributed by atoms with Gasteiger partial charge in [-0.05, 0) is 50.4 Å². The number of aryl methyl sites for hydroxylation is 1. The minimum absolute atomic E-state index is 0.135. The van der Waals surface area contributed by atoms with Crippen LogP contribution >= 0.6 is 0 Å². The van der Waals surface area contributed by atoms with Gasteiger partial charge in [0.15, 0.2) is 0 Å². The van der Waals surface area contributed by atoms with E-state index in [1.165, 1.54) is 11.1 Å². The first kappa shape index (κ1) is 16.2. The van der Waals surface area contributed by atoms with E-state index in [1.807, 2.05) is 0 Å². The molecule has 0 saturated carbocycles. The van der Waals surface area contributed by atoms with E-state index >= 15 is 0 Å². The van der Waals surface area contributed by atoms with Gasteiger partial charge in [-0.25, -0.2) is 0 Å². The quantitative estimate of drug-likeness (QED) is 0.875. The van der Waals surface area contributed by atoms with Crippen molar-refractivity contribution in [3.8, 4) is 0 Å². The fourth-order valence-electron chi connectivity index (χ4n) is 2.36. The molecule has 19 heavy (non-hydrogen) atoms. The third-order valence-electron chi connectivity index (χ3n) is 4.30. The molecule has 2 nitrogen and oxygen atoms in total. The monoisotopic (exact) mass is 262 g/mol. The summed E-state index contributed by atoms with van der Waals surface area (Å²) in [5, 5.41) is 0. The highest BCUT2D eigenvalue weighted by molar-refractivity contribution is 5.28. The van der Waals surface area contributed by atoms with Gasteiger partial charge in [0.05, 0.1) is 0 Å². The van der Waals surface area contributed by atoms with Crippen LogP contribution < -0.4 is 5.73 Å². The summed E-state index contributed by atoms with van der Waals surface area (Å²) in [5.74, 6) is 0. The molecule has 2 N–H and O–H groups in total. The van der Waals surface area contributed by atoms with Crippen molar-refractivity contribution < 1.29 is 0 Å². The highest BCUT2D eigenvalue weighted by Crippen LogP contribution is 2.24. The van der Waals surface area contributed by atoms with Crippen molar-refractivity contribution in [1.29, 1.82) is 0 Å². The lowest BCUT2D eigenvalue weighted by Crippen LogP contribution is -2.40. The SMILES string of the molecule is Cc1ccccc1C(N)CCN(C)C(C)C(C)(C)C. The second-order valence-electron chi connectivity index (χ2n) is 6.77. The molecular weight excluding hydrogens is 232 g/mol. The molecule has 2 atom stereocenters. The normalized spacial score (nSPS) is 15.6. The summed E-state index contributed by atoms with van der Waals surface area (Å²) in [7, 11) is 2.19. The third-order valence-corrected chi connectivity index (χ3v) is 4.30. The fourth-order valence-corrected chi connectivity index (χ4v) is 2.36. The van der Waals surface area contributed by atoms with Crippen LogP contribution in [0, 0.1) is 12.3 Å². The van der Waals surface area contributed by atoms with Crippen LogP contribution in [0.5, 0.6) is 0 Å². The minimum atomic E-state index is 0.135. The van der Waals surface area contributed by atoms with E-state index < -0.39 is 0 Å². The van der Waals surface area contributed by atoms with Gasteiger partial charge in [-0.2, -0.15) is 0 Å². The molecular formula is C17H30N2. The standard InChI is InChI=1S/C17H30N2/c1-13-9-7-8-10-15(13)16(18)11-12-19(6)14(2)17(3,4)5/h7-10,14,16H,11-12,18H2,1-6H3. The molecule has 0 fully saturated rings. The van der Waals surface area contributed by atoms with Crippen LogP contribution in [0.15, 0.2) is 24.3 Å². The molecule has 0 aliphatic carbocycles. The predicted molar refractivity (Wildman–Crippen MR) is 84.3 cm³/mol. The van der Waals surface area contributed by atoms with E-state index in [4.69, 9.17) is 5.73 Å². The molecule has 0 aliphatic rings. The molecule has 0 aromatic heterocycles. The lowest BCUT2D eigenvalue weighted by molar-refractivity contribution is 0.137. The van der Waals surface area contributed by atoms with Crippen molar-refractivity contribution in [2.75, 3.05) is 13.6 Å². The van der Waals surface area contributed by atoms with E-state index in [9.17, 15) is 0 Å². The lowest BCUT2D eigenvalue weighted by Gasteiger charge is -2.36. The molecule has 0 radical (unpaired) electrons. The van der Waals surface area contributed by atoms with Gasteiger partial charge in [0, 0.05) is 12.1 Å². The molecule has 0 amide bonds. The summed E-state index contributed by atoms with van der Waals surface area (Å²) in [6.07, 6.45) is 1.00. The highest BCUT2D eigenvalue weighted by atomic mass is 15.1. The summed E-state index contributed by atoms with van der Waals surface area (Å²) in [5.41, 5.74) is 9.20. The van der Waals surface area contributed by atoms with E-state index in [0.29, 0.717) is 11.5 Å². The zero-order chi connectivity index (χ0) is 14.6. The molecule has 0 spiro atoms. The summed E-state index contributed by atoms with van der Waals surface area (Å²) < 4.78 is 0. The van der Waals surface area contributed by atoms with E-state index in [0.717, 1.165) is 13.0 Å². The molecule has 0 saturated heterocycles. The smallest absolute Gasteiger partial charge is 0.0309 e. The van der Waals surface area contributed by atoms with Crippen LogP contribution in [-0.2, 0) is 0 Å². The average molecular weight is 262 g/mol. The number of nitrogens with zero attached hydrogens (tertiary/aromatic N) is 1. The van der Waals surface area contributed by atoms with Gasteiger partial charge < -0.3 is 10.6 Å². The zero-order valence-electron chi connectivity index (χ0n) is 13.4. The Kier molecular flexibility index (Phi) is 5.57. The largest absolute Gasteiger partial charge is 0.324 e. The molecule has 1 rings (SSSR count). The van der Waals surface area contributed by atoms with E-state index in [-0.39, 0.29) is 6.04 Å². The Labute approximate surface area is 119 Å². The van der Waals surface area contributed by atoms with Gasteiger partial charge >= 0.3 is 0 Å². The first-order chi connectivity index (χ1) is 8.73. The van der Waals surface area contributed by atoms with Crippen LogP contribution in [0.25, 0.3) is 0 Å². The molecule has 2 unspecified atom stereocenters.